The summed E-state index contributed by atoms with van der Waals surface area (Å²) < 4.78 is 10.1. The molecule has 1 heterocycles. The Hall–Kier alpha value is -0.690. The standard InChI is InChI=1S/C15H31N3O3/c1-13(12-21-3)17-15(19)11-18-8-5-4-6-14(18)10-16-7-9-20-2/h13-14,16H,4-12H2,1-3H3,(H,17,19). The number of carbonyl (C=O) groups excluding carboxylic acids is 1. The lowest BCUT2D eigenvalue weighted by atomic mass is 10.0. The van der Waals surface area contributed by atoms with Crippen molar-refractivity contribution in [3.63, 3.8) is 0 Å². The summed E-state index contributed by atoms with van der Waals surface area (Å²) in [5.74, 6) is 0.0864. The van der Waals surface area contributed by atoms with Crippen molar-refractivity contribution in [3.8, 4) is 0 Å². The predicted octanol–water partition coefficient (Wildman–Crippen LogP) is 0.228. The lowest BCUT2D eigenvalue weighted by Gasteiger charge is -2.35. The third kappa shape index (κ3) is 7.76. The highest BCUT2D eigenvalue weighted by atomic mass is 16.5. The zero-order chi connectivity index (χ0) is 15.5. The number of nitrogens with zero attached hydrogens (tertiary/aromatic N) is 1. The van der Waals surface area contributed by atoms with Gasteiger partial charge < -0.3 is 20.1 Å². The van der Waals surface area contributed by atoms with E-state index in [0.717, 1.165) is 32.7 Å². The highest BCUT2D eigenvalue weighted by molar-refractivity contribution is 5.78. The fourth-order valence-corrected chi connectivity index (χ4v) is 2.74. The molecule has 0 radical (unpaired) electrons. The van der Waals surface area contributed by atoms with Crippen LogP contribution < -0.4 is 10.6 Å². The van der Waals surface area contributed by atoms with E-state index in [-0.39, 0.29) is 11.9 Å². The van der Waals surface area contributed by atoms with E-state index in [2.05, 4.69) is 15.5 Å². The lowest BCUT2D eigenvalue weighted by molar-refractivity contribution is -0.124. The molecule has 2 atom stereocenters. The average molecular weight is 301 g/mol. The SMILES string of the molecule is COCCNCC1CCCCN1CC(=O)NC(C)COC. The first-order valence-electron chi connectivity index (χ1n) is 7.89. The molecule has 0 aromatic rings. The summed E-state index contributed by atoms with van der Waals surface area (Å²) in [6, 6.07) is 0.504. The van der Waals surface area contributed by atoms with Crippen LogP contribution in [0.15, 0.2) is 0 Å². The minimum Gasteiger partial charge on any atom is -0.383 e. The topological polar surface area (TPSA) is 62.8 Å². The molecule has 1 fully saturated rings. The Morgan fingerprint density at radius 1 is 1.33 bits per heavy atom. The average Bonchev–Trinajstić information content (AvgIpc) is 2.45. The summed E-state index contributed by atoms with van der Waals surface area (Å²) in [5.41, 5.74) is 0. The van der Waals surface area contributed by atoms with E-state index in [1.165, 1.54) is 12.8 Å². The first-order valence-corrected chi connectivity index (χ1v) is 7.89. The van der Waals surface area contributed by atoms with E-state index in [9.17, 15) is 4.79 Å². The molecular weight excluding hydrogens is 270 g/mol. The molecule has 6 heteroatoms. The molecule has 0 aromatic carbocycles. The quantitative estimate of drug-likeness (QED) is 0.566. The van der Waals surface area contributed by atoms with Crippen molar-refractivity contribution in [1.82, 2.24) is 15.5 Å². The molecule has 1 saturated heterocycles. The van der Waals surface area contributed by atoms with Gasteiger partial charge in [0.15, 0.2) is 0 Å². The Labute approximate surface area is 128 Å². The van der Waals surface area contributed by atoms with Gasteiger partial charge in [0.2, 0.25) is 5.91 Å². The van der Waals surface area contributed by atoms with Crippen LogP contribution in [-0.4, -0.2) is 76.5 Å². The van der Waals surface area contributed by atoms with Crippen molar-refractivity contribution in [2.75, 3.05) is 53.6 Å². The largest absolute Gasteiger partial charge is 0.383 e. The van der Waals surface area contributed by atoms with Gasteiger partial charge in [-0.3, -0.25) is 9.69 Å². The summed E-state index contributed by atoms with van der Waals surface area (Å²) >= 11 is 0. The Kier molecular flexibility index (Phi) is 9.58. The Bertz CT molecular complexity index is 289. The van der Waals surface area contributed by atoms with E-state index in [0.29, 0.717) is 19.2 Å². The highest BCUT2D eigenvalue weighted by Crippen LogP contribution is 2.15. The summed E-state index contributed by atoms with van der Waals surface area (Å²) in [5, 5.41) is 6.38. The molecule has 21 heavy (non-hydrogen) atoms. The van der Waals surface area contributed by atoms with Gasteiger partial charge in [0, 0.05) is 39.4 Å². The van der Waals surface area contributed by atoms with Gasteiger partial charge in [-0.1, -0.05) is 6.42 Å². The minimum absolute atomic E-state index is 0.0607. The molecular formula is C15H31N3O3. The molecule has 1 aliphatic heterocycles. The van der Waals surface area contributed by atoms with Gasteiger partial charge in [-0.25, -0.2) is 0 Å². The third-order valence-electron chi connectivity index (χ3n) is 3.78. The Balaban J connectivity index is 2.32. The van der Waals surface area contributed by atoms with Gasteiger partial charge in [0.1, 0.15) is 0 Å². The third-order valence-corrected chi connectivity index (χ3v) is 3.78. The van der Waals surface area contributed by atoms with Crippen LogP contribution in [0.5, 0.6) is 0 Å². The van der Waals surface area contributed by atoms with Crippen LogP contribution in [0.2, 0.25) is 0 Å². The van der Waals surface area contributed by atoms with Crippen LogP contribution in [0, 0.1) is 0 Å². The van der Waals surface area contributed by atoms with Crippen molar-refractivity contribution in [3.05, 3.63) is 0 Å². The number of methoxy groups -OCH3 is 2. The zero-order valence-corrected chi connectivity index (χ0v) is 13.7. The lowest BCUT2D eigenvalue weighted by Crippen LogP contribution is -2.51. The number of nitrogens with one attached hydrogen (secondary N) is 2. The molecule has 0 saturated carbocycles. The van der Waals surface area contributed by atoms with Gasteiger partial charge in [0.05, 0.1) is 19.8 Å². The van der Waals surface area contributed by atoms with Crippen LogP contribution in [0.25, 0.3) is 0 Å². The second kappa shape index (κ2) is 11.0. The molecule has 0 aliphatic carbocycles. The van der Waals surface area contributed by atoms with Gasteiger partial charge >= 0.3 is 0 Å². The Morgan fingerprint density at radius 3 is 2.86 bits per heavy atom. The summed E-state index contributed by atoms with van der Waals surface area (Å²) in [4.78, 5) is 14.4. The first kappa shape index (κ1) is 18.4. The Morgan fingerprint density at radius 2 is 2.14 bits per heavy atom. The minimum atomic E-state index is 0.0607. The number of hydrogen-bond donors (Lipinski definition) is 2. The van der Waals surface area contributed by atoms with Crippen LogP contribution in [0.4, 0.5) is 0 Å². The smallest absolute Gasteiger partial charge is 0.234 e. The van der Waals surface area contributed by atoms with Crippen LogP contribution >= 0.6 is 0 Å². The molecule has 1 aliphatic rings. The molecule has 0 aromatic heterocycles. The number of rotatable bonds is 10. The van der Waals surface area contributed by atoms with Crippen molar-refractivity contribution in [1.29, 1.82) is 0 Å². The first-order chi connectivity index (χ1) is 10.2. The van der Waals surface area contributed by atoms with Gasteiger partial charge in [-0.15, -0.1) is 0 Å². The van der Waals surface area contributed by atoms with E-state index in [1.807, 2.05) is 6.92 Å². The monoisotopic (exact) mass is 301 g/mol. The molecule has 2 N–H and O–H groups in total. The fourth-order valence-electron chi connectivity index (χ4n) is 2.74. The van der Waals surface area contributed by atoms with E-state index >= 15 is 0 Å². The van der Waals surface area contributed by atoms with Crippen molar-refractivity contribution >= 4 is 5.91 Å². The summed E-state index contributed by atoms with van der Waals surface area (Å²) in [6.45, 7) is 6.49. The number of piperidine rings is 1. The van der Waals surface area contributed by atoms with Gasteiger partial charge in [0.25, 0.3) is 0 Å². The molecule has 0 bridgehead atoms. The summed E-state index contributed by atoms with van der Waals surface area (Å²) in [7, 11) is 3.36. The normalized spacial score (nSPS) is 21.2. The van der Waals surface area contributed by atoms with Crippen LogP contribution in [0.1, 0.15) is 26.2 Å². The van der Waals surface area contributed by atoms with Crippen molar-refractivity contribution in [2.45, 2.75) is 38.3 Å². The number of hydrogen-bond acceptors (Lipinski definition) is 5. The molecule has 124 valence electrons. The van der Waals surface area contributed by atoms with E-state index in [1.54, 1.807) is 14.2 Å². The number of likely N-dealkylation sites (tertiary alicyclic amines) is 1. The molecule has 2 unspecified atom stereocenters. The van der Waals surface area contributed by atoms with E-state index in [4.69, 9.17) is 9.47 Å². The number of ether oxygens (including phenoxy) is 2. The second-order valence-corrected chi connectivity index (χ2v) is 5.74. The van der Waals surface area contributed by atoms with E-state index < -0.39 is 0 Å². The summed E-state index contributed by atoms with van der Waals surface area (Å²) in [6.07, 6.45) is 3.57. The predicted molar refractivity (Wildman–Crippen MR) is 83.4 cm³/mol. The van der Waals surface area contributed by atoms with Gasteiger partial charge in [-0.05, 0) is 26.3 Å². The fraction of sp³-hybridized carbons (Fsp3) is 0.933. The zero-order valence-electron chi connectivity index (χ0n) is 13.7. The molecule has 1 amide bonds. The maximum Gasteiger partial charge on any atom is 0.234 e. The number of amides is 1. The molecule has 6 nitrogen and oxygen atoms in total. The van der Waals surface area contributed by atoms with Crippen LogP contribution in [0.3, 0.4) is 0 Å². The van der Waals surface area contributed by atoms with Crippen LogP contribution in [-0.2, 0) is 14.3 Å². The maximum absolute atomic E-state index is 12.1. The highest BCUT2D eigenvalue weighted by Gasteiger charge is 2.24. The van der Waals surface area contributed by atoms with Crippen molar-refractivity contribution in [2.24, 2.45) is 0 Å². The maximum atomic E-state index is 12.1. The molecule has 0 spiro atoms. The van der Waals surface area contributed by atoms with Gasteiger partial charge in [-0.2, -0.15) is 0 Å². The molecule has 1 rings (SSSR count). The second-order valence-electron chi connectivity index (χ2n) is 5.74. The van der Waals surface area contributed by atoms with Crippen molar-refractivity contribution < 1.29 is 14.3 Å². The number of carbonyl (C=O) groups is 1.